The van der Waals surface area contributed by atoms with Gasteiger partial charge in [0.15, 0.2) is 0 Å². The van der Waals surface area contributed by atoms with Gasteiger partial charge in [-0.2, -0.15) is 0 Å². The Balaban J connectivity index is 1.67. The highest BCUT2D eigenvalue weighted by Crippen LogP contribution is 2.38. The Morgan fingerprint density at radius 1 is 1.04 bits per heavy atom. The minimum atomic E-state index is 0.423. The lowest BCUT2D eigenvalue weighted by atomic mass is 9.79. The number of nitrogens with two attached hydrogens (primary N) is 1. The third-order valence-corrected chi connectivity index (χ3v) is 6.37. The number of rotatable bonds is 5. The van der Waals surface area contributed by atoms with E-state index < -0.39 is 0 Å². The lowest BCUT2D eigenvalue weighted by Gasteiger charge is -2.33. The van der Waals surface area contributed by atoms with Crippen LogP contribution in [-0.4, -0.2) is 30.6 Å². The average molecular weight is 349 g/mol. The maximum absolute atomic E-state index is 6.30. The molecule has 1 aliphatic heterocycles. The van der Waals surface area contributed by atoms with Gasteiger partial charge in [0.05, 0.1) is 0 Å². The smallest absolute Gasteiger partial charge is 0.0408 e. The molecule has 1 saturated carbocycles. The molecule has 0 spiro atoms. The Hall–Kier alpha value is -0.570. The van der Waals surface area contributed by atoms with Gasteiger partial charge in [0.1, 0.15) is 0 Å². The molecule has 2 N–H and O–H groups in total. The maximum atomic E-state index is 6.30. The molecule has 1 heterocycles. The van der Waals surface area contributed by atoms with Crippen LogP contribution >= 0.6 is 11.6 Å². The second-order valence-corrected chi connectivity index (χ2v) is 8.32. The summed E-state index contributed by atoms with van der Waals surface area (Å²) in [7, 11) is 0. The summed E-state index contributed by atoms with van der Waals surface area (Å²) in [5, 5.41) is 0.884. The van der Waals surface area contributed by atoms with Crippen molar-refractivity contribution in [3.63, 3.8) is 0 Å². The molecule has 0 amide bonds. The zero-order valence-corrected chi connectivity index (χ0v) is 15.7. The van der Waals surface area contributed by atoms with Gasteiger partial charge in [-0.3, -0.25) is 0 Å². The molecule has 3 heteroatoms. The topological polar surface area (TPSA) is 29.3 Å². The molecule has 0 radical (unpaired) electrons. The summed E-state index contributed by atoms with van der Waals surface area (Å²) < 4.78 is 0. The molecule has 2 fully saturated rings. The second-order valence-electron chi connectivity index (χ2n) is 7.88. The maximum Gasteiger partial charge on any atom is 0.0408 e. The first-order valence-electron chi connectivity index (χ1n) is 9.96. The van der Waals surface area contributed by atoms with Gasteiger partial charge >= 0.3 is 0 Å². The molecule has 1 aromatic carbocycles. The molecular formula is C21H33ClN2. The molecule has 0 bridgehead atoms. The van der Waals surface area contributed by atoms with Gasteiger partial charge in [0.2, 0.25) is 0 Å². The zero-order valence-electron chi connectivity index (χ0n) is 14.9. The van der Waals surface area contributed by atoms with Crippen LogP contribution in [-0.2, 0) is 0 Å². The van der Waals surface area contributed by atoms with Gasteiger partial charge in [0, 0.05) is 11.1 Å². The van der Waals surface area contributed by atoms with Gasteiger partial charge in [-0.15, -0.1) is 0 Å². The van der Waals surface area contributed by atoms with E-state index in [1.165, 1.54) is 70.1 Å². The van der Waals surface area contributed by atoms with E-state index in [0.717, 1.165) is 23.8 Å². The normalized spacial score (nSPS) is 23.1. The minimum absolute atomic E-state index is 0.423. The Bertz CT molecular complexity index is 488. The Morgan fingerprint density at radius 3 is 2.42 bits per heavy atom. The van der Waals surface area contributed by atoms with Gasteiger partial charge in [0.25, 0.3) is 0 Å². The zero-order chi connectivity index (χ0) is 16.8. The molecule has 2 aliphatic rings. The Labute approximate surface area is 152 Å². The van der Waals surface area contributed by atoms with E-state index in [2.05, 4.69) is 23.1 Å². The number of nitrogens with zero attached hydrogens (tertiary/aromatic N) is 1. The number of likely N-dealkylation sites (tertiary alicyclic amines) is 1. The number of halogens is 1. The largest absolute Gasteiger partial charge is 0.328 e. The molecule has 1 aromatic rings. The van der Waals surface area contributed by atoms with Gasteiger partial charge in [-0.25, -0.2) is 0 Å². The Kier molecular flexibility index (Phi) is 7.00. The average Bonchev–Trinajstić information content (AvgIpc) is 2.86. The summed E-state index contributed by atoms with van der Waals surface area (Å²) in [6, 6.07) is 9.06. The first kappa shape index (κ1) is 18.2. The Morgan fingerprint density at radius 2 is 1.75 bits per heavy atom. The van der Waals surface area contributed by atoms with Crippen LogP contribution in [0.25, 0.3) is 0 Å². The highest BCUT2D eigenvalue weighted by Gasteiger charge is 2.25. The fraction of sp³-hybridized carbons (Fsp3) is 0.714. The molecule has 1 unspecified atom stereocenters. The van der Waals surface area contributed by atoms with Crippen LogP contribution in [0, 0.1) is 5.92 Å². The fourth-order valence-electron chi connectivity index (χ4n) is 4.62. The predicted octanol–water partition coefficient (Wildman–Crippen LogP) is 5.21. The summed E-state index contributed by atoms with van der Waals surface area (Å²) in [5.74, 6) is 1.50. The van der Waals surface area contributed by atoms with E-state index in [0.29, 0.717) is 12.0 Å². The number of hydrogen-bond acceptors (Lipinski definition) is 2. The van der Waals surface area contributed by atoms with Crippen molar-refractivity contribution in [1.82, 2.24) is 4.90 Å². The van der Waals surface area contributed by atoms with E-state index in [9.17, 15) is 0 Å². The van der Waals surface area contributed by atoms with Crippen molar-refractivity contribution in [1.29, 1.82) is 0 Å². The van der Waals surface area contributed by atoms with Crippen molar-refractivity contribution in [3.05, 3.63) is 34.9 Å². The van der Waals surface area contributed by atoms with Crippen LogP contribution in [0.1, 0.15) is 69.3 Å². The van der Waals surface area contributed by atoms with E-state index in [4.69, 9.17) is 17.3 Å². The molecular weight excluding hydrogens is 316 g/mol. The number of piperidine rings is 1. The summed E-state index contributed by atoms with van der Waals surface area (Å²) in [5.41, 5.74) is 7.51. The molecule has 134 valence electrons. The molecule has 3 rings (SSSR count). The first-order chi connectivity index (χ1) is 11.7. The van der Waals surface area contributed by atoms with Crippen LogP contribution in [0.5, 0.6) is 0 Å². The highest BCUT2D eigenvalue weighted by molar-refractivity contribution is 6.30. The van der Waals surface area contributed by atoms with E-state index >= 15 is 0 Å². The monoisotopic (exact) mass is 348 g/mol. The number of benzene rings is 1. The summed E-state index contributed by atoms with van der Waals surface area (Å²) in [4.78, 5) is 2.62. The standard InChI is InChI=1S/C21H33ClN2/c22-19-9-5-8-18(16-19)21(17-6-3-1-2-4-7-17)12-15-24-13-10-20(23)11-14-24/h5,8-9,16-17,20-21H,1-4,6-7,10-15,23H2. The molecule has 24 heavy (non-hydrogen) atoms. The van der Waals surface area contributed by atoms with Crippen molar-refractivity contribution < 1.29 is 0 Å². The third kappa shape index (κ3) is 5.21. The van der Waals surface area contributed by atoms with Crippen LogP contribution in [0.4, 0.5) is 0 Å². The third-order valence-electron chi connectivity index (χ3n) is 6.13. The fourth-order valence-corrected chi connectivity index (χ4v) is 4.82. The lowest BCUT2D eigenvalue weighted by Crippen LogP contribution is -2.40. The van der Waals surface area contributed by atoms with Crippen molar-refractivity contribution in [3.8, 4) is 0 Å². The van der Waals surface area contributed by atoms with Crippen molar-refractivity contribution in [2.75, 3.05) is 19.6 Å². The summed E-state index contributed by atoms with van der Waals surface area (Å²) in [6.07, 6.45) is 12.0. The first-order valence-corrected chi connectivity index (χ1v) is 10.3. The SMILES string of the molecule is NC1CCN(CCC(c2cccc(Cl)c2)C2CCCCCC2)CC1. The summed E-state index contributed by atoms with van der Waals surface area (Å²) >= 11 is 6.30. The molecule has 1 saturated heterocycles. The van der Waals surface area contributed by atoms with E-state index in [1.807, 2.05) is 6.07 Å². The van der Waals surface area contributed by atoms with Crippen molar-refractivity contribution >= 4 is 11.6 Å². The second kappa shape index (κ2) is 9.22. The molecule has 0 aromatic heterocycles. The summed E-state index contributed by atoms with van der Waals surface area (Å²) in [6.45, 7) is 3.56. The van der Waals surface area contributed by atoms with E-state index in [1.54, 1.807) is 0 Å². The van der Waals surface area contributed by atoms with Gasteiger partial charge < -0.3 is 10.6 Å². The van der Waals surface area contributed by atoms with E-state index in [-0.39, 0.29) is 0 Å². The predicted molar refractivity (Wildman–Crippen MR) is 104 cm³/mol. The number of hydrogen-bond donors (Lipinski definition) is 1. The van der Waals surface area contributed by atoms with Crippen molar-refractivity contribution in [2.45, 2.75) is 69.7 Å². The van der Waals surface area contributed by atoms with Gasteiger partial charge in [-0.05, 0) is 81.3 Å². The minimum Gasteiger partial charge on any atom is -0.328 e. The molecule has 1 atom stereocenters. The molecule has 2 nitrogen and oxygen atoms in total. The van der Waals surface area contributed by atoms with Crippen molar-refractivity contribution in [2.24, 2.45) is 11.7 Å². The van der Waals surface area contributed by atoms with Crippen LogP contribution in [0.3, 0.4) is 0 Å². The van der Waals surface area contributed by atoms with Crippen LogP contribution < -0.4 is 5.73 Å². The van der Waals surface area contributed by atoms with Crippen LogP contribution in [0.2, 0.25) is 5.02 Å². The van der Waals surface area contributed by atoms with Crippen LogP contribution in [0.15, 0.2) is 24.3 Å². The van der Waals surface area contributed by atoms with Gasteiger partial charge in [-0.1, -0.05) is 49.4 Å². The lowest BCUT2D eigenvalue weighted by molar-refractivity contribution is 0.197. The quantitative estimate of drug-likeness (QED) is 0.740. The highest BCUT2D eigenvalue weighted by atomic mass is 35.5. The molecule has 1 aliphatic carbocycles.